The fourth-order valence-electron chi connectivity index (χ4n) is 5.26. The lowest BCUT2D eigenvalue weighted by molar-refractivity contribution is -0.154. The zero-order valence-electron chi connectivity index (χ0n) is 32.2. The predicted molar refractivity (Wildman–Crippen MR) is 208 cm³/mol. The number of aliphatic carboxylic acids is 1. The number of rotatable bonds is 38. The highest BCUT2D eigenvalue weighted by molar-refractivity contribution is 7.47. The summed E-state index contributed by atoms with van der Waals surface area (Å²) in [6.45, 7) is 3.80. The SMILES string of the molecule is CCCCC/C=C\C/C=C\C/C=C\CCCCC(=O)O[C@H](COCCCCCCCCCCCCCCCC)COP(=O)(O)OC[C@H](N)C(=O)O. The maximum Gasteiger partial charge on any atom is 0.472 e. The van der Waals surface area contributed by atoms with Gasteiger partial charge >= 0.3 is 19.8 Å². The molecule has 4 N–H and O–H groups in total. The predicted octanol–water partition coefficient (Wildman–Crippen LogP) is 10.5. The van der Waals surface area contributed by atoms with Crippen LogP contribution in [0.4, 0.5) is 0 Å². The summed E-state index contributed by atoms with van der Waals surface area (Å²) >= 11 is 0. The number of phosphoric acid groups is 1. The minimum absolute atomic E-state index is 0.00370. The molecule has 0 aliphatic rings. The van der Waals surface area contributed by atoms with Gasteiger partial charge < -0.3 is 25.2 Å². The summed E-state index contributed by atoms with van der Waals surface area (Å²) in [5.74, 6) is -1.82. The largest absolute Gasteiger partial charge is 0.480 e. The molecule has 0 amide bonds. The van der Waals surface area contributed by atoms with Gasteiger partial charge in [0.1, 0.15) is 12.1 Å². The second kappa shape index (κ2) is 36.5. The van der Waals surface area contributed by atoms with Crippen molar-refractivity contribution in [3.05, 3.63) is 36.5 Å². The standard InChI is InChI=1S/C40H74NO9P/c1-3-5-7-9-11-13-15-17-19-20-22-24-26-28-30-32-39(42)50-37(35-48-51(45,46)49-36-38(41)40(43)44)34-47-33-31-29-27-25-23-21-18-16-14-12-10-8-6-4-2/h11,13,17,19,22,24,37-38H,3-10,12,14-16,18,20-21,23,25-36,41H2,1-2H3,(H,43,44)(H,45,46)/b13-11-,19-17-,24-22-/t37-,38+/m1/s1. The highest BCUT2D eigenvalue weighted by Crippen LogP contribution is 2.43. The van der Waals surface area contributed by atoms with Gasteiger partial charge in [0.05, 0.1) is 19.8 Å². The molecule has 0 radical (unpaired) electrons. The number of carboxylic acid groups (broad SMARTS) is 1. The Labute approximate surface area is 310 Å². The Hall–Kier alpha value is -1.81. The summed E-state index contributed by atoms with van der Waals surface area (Å²) in [5.41, 5.74) is 5.34. The van der Waals surface area contributed by atoms with Gasteiger partial charge in [-0.2, -0.15) is 0 Å². The van der Waals surface area contributed by atoms with E-state index in [4.69, 9.17) is 29.4 Å². The first-order chi connectivity index (χ1) is 24.7. The van der Waals surface area contributed by atoms with E-state index in [1.165, 1.54) is 89.9 Å². The van der Waals surface area contributed by atoms with E-state index in [1.807, 2.05) is 0 Å². The number of phosphoric ester groups is 1. The highest BCUT2D eigenvalue weighted by Gasteiger charge is 2.27. The fraction of sp³-hybridized carbons (Fsp3) is 0.800. The van der Waals surface area contributed by atoms with Gasteiger partial charge in [-0.1, -0.05) is 147 Å². The first-order valence-electron chi connectivity index (χ1n) is 20.0. The van der Waals surface area contributed by atoms with Crippen molar-refractivity contribution in [1.82, 2.24) is 0 Å². The van der Waals surface area contributed by atoms with Crippen LogP contribution in [-0.4, -0.2) is 60.5 Å². The number of ether oxygens (including phenoxy) is 2. The van der Waals surface area contributed by atoms with E-state index < -0.39 is 45.1 Å². The van der Waals surface area contributed by atoms with Crippen molar-refractivity contribution in [3.63, 3.8) is 0 Å². The van der Waals surface area contributed by atoms with Crippen LogP contribution in [0.5, 0.6) is 0 Å². The van der Waals surface area contributed by atoms with Crippen molar-refractivity contribution in [2.75, 3.05) is 26.4 Å². The summed E-state index contributed by atoms with van der Waals surface area (Å²) < 4.78 is 33.2. The molecule has 0 aliphatic heterocycles. The third kappa shape index (κ3) is 36.3. The van der Waals surface area contributed by atoms with Crippen molar-refractivity contribution in [1.29, 1.82) is 0 Å². The van der Waals surface area contributed by atoms with Crippen molar-refractivity contribution in [3.8, 4) is 0 Å². The smallest absolute Gasteiger partial charge is 0.472 e. The molecule has 0 saturated carbocycles. The molecule has 0 bridgehead atoms. The number of carbonyl (C=O) groups excluding carboxylic acids is 1. The Bertz CT molecular complexity index is 956. The quantitative estimate of drug-likeness (QED) is 0.0241. The highest BCUT2D eigenvalue weighted by atomic mass is 31.2. The molecule has 51 heavy (non-hydrogen) atoms. The van der Waals surface area contributed by atoms with Gasteiger partial charge in [0.2, 0.25) is 0 Å². The molecule has 10 nitrogen and oxygen atoms in total. The number of carboxylic acids is 1. The minimum atomic E-state index is -4.62. The Morgan fingerprint density at radius 1 is 0.627 bits per heavy atom. The zero-order valence-corrected chi connectivity index (χ0v) is 33.1. The molecule has 11 heteroatoms. The number of allylic oxidation sites excluding steroid dienone is 6. The lowest BCUT2D eigenvalue weighted by Gasteiger charge is -2.20. The summed E-state index contributed by atoms with van der Waals surface area (Å²) in [6, 6.07) is -1.48. The Balaban J connectivity index is 4.35. The maximum absolute atomic E-state index is 12.6. The zero-order chi connectivity index (χ0) is 37.7. The van der Waals surface area contributed by atoms with Crippen molar-refractivity contribution < 1.29 is 42.7 Å². The summed E-state index contributed by atoms with van der Waals surface area (Å²) in [6.07, 6.45) is 39.1. The monoisotopic (exact) mass is 744 g/mol. The Kier molecular flexibility index (Phi) is 35.2. The van der Waals surface area contributed by atoms with Crippen LogP contribution in [0.3, 0.4) is 0 Å². The van der Waals surface area contributed by atoms with Crippen LogP contribution in [0, 0.1) is 0 Å². The molecule has 0 spiro atoms. The molecule has 3 atom stereocenters. The average molecular weight is 744 g/mol. The van der Waals surface area contributed by atoms with Crippen LogP contribution in [0.2, 0.25) is 0 Å². The van der Waals surface area contributed by atoms with Gasteiger partial charge in [0.15, 0.2) is 0 Å². The Morgan fingerprint density at radius 3 is 1.61 bits per heavy atom. The van der Waals surface area contributed by atoms with Crippen LogP contribution in [0.15, 0.2) is 36.5 Å². The molecule has 0 aromatic rings. The minimum Gasteiger partial charge on any atom is -0.480 e. The number of hydrogen-bond donors (Lipinski definition) is 3. The second-order valence-corrected chi connectivity index (χ2v) is 14.9. The summed E-state index contributed by atoms with van der Waals surface area (Å²) in [7, 11) is -4.62. The van der Waals surface area contributed by atoms with Crippen molar-refractivity contribution in [2.24, 2.45) is 5.73 Å². The van der Waals surface area contributed by atoms with Crippen LogP contribution < -0.4 is 5.73 Å². The van der Waals surface area contributed by atoms with Gasteiger partial charge in [0, 0.05) is 13.0 Å². The van der Waals surface area contributed by atoms with Crippen LogP contribution in [0.1, 0.15) is 168 Å². The number of carbonyl (C=O) groups is 2. The lowest BCUT2D eigenvalue weighted by Crippen LogP contribution is -2.34. The van der Waals surface area contributed by atoms with Crippen LogP contribution in [0.25, 0.3) is 0 Å². The second-order valence-electron chi connectivity index (χ2n) is 13.4. The average Bonchev–Trinajstić information content (AvgIpc) is 3.10. The maximum atomic E-state index is 12.6. The van der Waals surface area contributed by atoms with Gasteiger partial charge in [-0.3, -0.25) is 18.6 Å². The molecule has 0 heterocycles. The van der Waals surface area contributed by atoms with Gasteiger partial charge in [-0.15, -0.1) is 0 Å². The third-order valence-electron chi connectivity index (χ3n) is 8.42. The first-order valence-corrected chi connectivity index (χ1v) is 21.5. The van der Waals surface area contributed by atoms with E-state index in [9.17, 15) is 19.0 Å². The topological polar surface area (TPSA) is 155 Å². The van der Waals surface area contributed by atoms with Crippen molar-refractivity contribution >= 4 is 19.8 Å². The molecule has 0 aromatic heterocycles. The fourth-order valence-corrected chi connectivity index (χ4v) is 6.03. The van der Waals surface area contributed by atoms with E-state index in [2.05, 4.69) is 50.3 Å². The van der Waals surface area contributed by atoms with Crippen LogP contribution >= 0.6 is 7.82 Å². The van der Waals surface area contributed by atoms with Gasteiger partial charge in [-0.25, -0.2) is 4.57 Å². The Morgan fingerprint density at radius 2 is 1.08 bits per heavy atom. The molecular formula is C40H74NO9P. The molecule has 1 unspecified atom stereocenters. The van der Waals surface area contributed by atoms with Crippen LogP contribution in [-0.2, 0) is 32.7 Å². The molecule has 0 rings (SSSR count). The van der Waals surface area contributed by atoms with Gasteiger partial charge in [-0.05, 0) is 51.4 Å². The normalized spacial score (nSPS) is 14.4. The van der Waals surface area contributed by atoms with Crippen molar-refractivity contribution in [2.45, 2.75) is 180 Å². The number of nitrogens with two attached hydrogens (primary N) is 1. The number of esters is 1. The summed E-state index contributed by atoms with van der Waals surface area (Å²) in [5, 5.41) is 8.87. The number of hydrogen-bond acceptors (Lipinski definition) is 8. The van der Waals surface area contributed by atoms with E-state index in [1.54, 1.807) is 0 Å². The van der Waals surface area contributed by atoms with E-state index >= 15 is 0 Å². The summed E-state index contributed by atoms with van der Waals surface area (Å²) in [4.78, 5) is 33.4. The molecule has 0 fully saturated rings. The number of unbranched alkanes of at least 4 members (excludes halogenated alkanes) is 18. The van der Waals surface area contributed by atoms with Gasteiger partial charge in [0.25, 0.3) is 0 Å². The van der Waals surface area contributed by atoms with E-state index in [-0.39, 0.29) is 13.0 Å². The molecular weight excluding hydrogens is 669 g/mol. The molecule has 0 aromatic carbocycles. The van der Waals surface area contributed by atoms with E-state index in [0.717, 1.165) is 51.4 Å². The molecule has 298 valence electrons. The molecule has 0 aliphatic carbocycles. The molecule has 0 saturated heterocycles. The first kappa shape index (κ1) is 49.2. The van der Waals surface area contributed by atoms with E-state index in [0.29, 0.717) is 13.0 Å². The third-order valence-corrected chi connectivity index (χ3v) is 9.37. The lowest BCUT2D eigenvalue weighted by atomic mass is 10.0.